The lowest BCUT2D eigenvalue weighted by atomic mass is 10.0. The second-order valence-corrected chi connectivity index (χ2v) is 4.47. The molecule has 0 saturated heterocycles. The molecule has 2 N–H and O–H groups in total. The summed E-state index contributed by atoms with van der Waals surface area (Å²) in [5.41, 5.74) is 3.35. The molecule has 3 rings (SSSR count). The molecule has 0 saturated carbocycles. The van der Waals surface area contributed by atoms with Gasteiger partial charge in [-0.1, -0.05) is 48.5 Å². The zero-order valence-electron chi connectivity index (χ0n) is 10.8. The van der Waals surface area contributed by atoms with Crippen LogP contribution in [0.3, 0.4) is 0 Å². The van der Waals surface area contributed by atoms with Crippen molar-refractivity contribution in [2.45, 2.75) is 0 Å². The largest absolute Gasteiger partial charge is 0.366 e. The van der Waals surface area contributed by atoms with E-state index >= 15 is 0 Å². The van der Waals surface area contributed by atoms with Crippen molar-refractivity contribution in [3.8, 4) is 11.1 Å². The second kappa shape index (κ2) is 5.45. The molecule has 2 aromatic carbocycles. The molecule has 0 fully saturated rings. The van der Waals surface area contributed by atoms with Crippen molar-refractivity contribution < 1.29 is 4.79 Å². The first kappa shape index (κ1) is 12.2. The van der Waals surface area contributed by atoms with E-state index in [1.165, 1.54) is 0 Å². The summed E-state index contributed by atoms with van der Waals surface area (Å²) in [7, 11) is 0. The average Bonchev–Trinajstić information content (AvgIpc) is 2.99. The number of anilines is 1. The highest BCUT2D eigenvalue weighted by atomic mass is 16.1. The average molecular weight is 262 g/mol. The summed E-state index contributed by atoms with van der Waals surface area (Å²) in [5.74, 6) is -0.115. The Kier molecular flexibility index (Phi) is 3.33. The van der Waals surface area contributed by atoms with Gasteiger partial charge >= 0.3 is 0 Å². The van der Waals surface area contributed by atoms with E-state index in [4.69, 9.17) is 0 Å². The van der Waals surface area contributed by atoms with E-state index < -0.39 is 0 Å². The maximum absolute atomic E-state index is 12.3. The number of aromatic nitrogens is 1. The van der Waals surface area contributed by atoms with E-state index in [9.17, 15) is 4.79 Å². The lowest BCUT2D eigenvalue weighted by Crippen LogP contribution is -2.11. The standard InChI is InChI=1S/C17H14N2O/c20-17(19-14-9-5-2-6-10-14)16-12-18-11-15(16)13-7-3-1-4-8-13/h1-12,18H,(H,19,20). The first-order valence-corrected chi connectivity index (χ1v) is 6.43. The monoisotopic (exact) mass is 262 g/mol. The lowest BCUT2D eigenvalue weighted by molar-refractivity contribution is 0.102. The fraction of sp³-hybridized carbons (Fsp3) is 0. The van der Waals surface area contributed by atoms with Gasteiger partial charge in [0, 0.05) is 23.6 Å². The molecule has 0 aliphatic carbocycles. The molecule has 3 aromatic rings. The minimum Gasteiger partial charge on any atom is -0.366 e. The summed E-state index contributed by atoms with van der Waals surface area (Å²) in [4.78, 5) is 15.3. The highest BCUT2D eigenvalue weighted by molar-refractivity contribution is 6.08. The highest BCUT2D eigenvalue weighted by Gasteiger charge is 2.13. The molecule has 1 heterocycles. The van der Waals surface area contributed by atoms with Gasteiger partial charge < -0.3 is 10.3 Å². The number of carbonyl (C=O) groups is 1. The van der Waals surface area contributed by atoms with E-state index in [0.717, 1.165) is 16.8 Å². The van der Waals surface area contributed by atoms with E-state index in [2.05, 4.69) is 10.3 Å². The number of carbonyl (C=O) groups excluding carboxylic acids is 1. The van der Waals surface area contributed by atoms with Crippen LogP contribution in [-0.4, -0.2) is 10.9 Å². The first-order valence-electron chi connectivity index (χ1n) is 6.43. The number of aromatic amines is 1. The van der Waals surface area contributed by atoms with Crippen LogP contribution < -0.4 is 5.32 Å². The third-order valence-corrected chi connectivity index (χ3v) is 3.11. The van der Waals surface area contributed by atoms with E-state index in [-0.39, 0.29) is 5.91 Å². The number of hydrogen-bond acceptors (Lipinski definition) is 1. The molecule has 1 amide bonds. The van der Waals surface area contributed by atoms with Gasteiger partial charge in [-0.2, -0.15) is 0 Å². The molecule has 3 nitrogen and oxygen atoms in total. The number of hydrogen-bond donors (Lipinski definition) is 2. The van der Waals surface area contributed by atoms with Crippen molar-refractivity contribution in [1.29, 1.82) is 0 Å². The SMILES string of the molecule is O=C(Nc1ccccc1)c1c[nH]cc1-c1ccccc1. The maximum Gasteiger partial charge on any atom is 0.257 e. The fourth-order valence-electron chi connectivity index (χ4n) is 2.13. The van der Waals surface area contributed by atoms with E-state index in [1.807, 2.05) is 66.9 Å². The molecule has 0 atom stereocenters. The van der Waals surface area contributed by atoms with Crippen molar-refractivity contribution in [3.05, 3.63) is 78.6 Å². The third-order valence-electron chi connectivity index (χ3n) is 3.11. The quantitative estimate of drug-likeness (QED) is 0.738. The van der Waals surface area contributed by atoms with Gasteiger partial charge in [0.25, 0.3) is 5.91 Å². The van der Waals surface area contributed by atoms with Gasteiger partial charge in [-0.25, -0.2) is 0 Å². The Labute approximate surface area is 117 Å². The molecular weight excluding hydrogens is 248 g/mol. The van der Waals surface area contributed by atoms with Crippen LogP contribution in [0.1, 0.15) is 10.4 Å². The molecule has 1 aromatic heterocycles. The number of benzene rings is 2. The van der Waals surface area contributed by atoms with Crippen LogP contribution in [0.25, 0.3) is 11.1 Å². The van der Waals surface area contributed by atoms with Gasteiger partial charge in [-0.15, -0.1) is 0 Å². The van der Waals surface area contributed by atoms with Crippen LogP contribution >= 0.6 is 0 Å². The van der Waals surface area contributed by atoms with Crippen molar-refractivity contribution in [2.75, 3.05) is 5.32 Å². The Hall–Kier alpha value is -2.81. The molecule has 20 heavy (non-hydrogen) atoms. The fourth-order valence-corrected chi connectivity index (χ4v) is 2.13. The summed E-state index contributed by atoms with van der Waals surface area (Å²) in [6.07, 6.45) is 3.57. The lowest BCUT2D eigenvalue weighted by Gasteiger charge is -2.06. The molecule has 0 radical (unpaired) electrons. The molecule has 0 aliphatic rings. The van der Waals surface area contributed by atoms with Gasteiger partial charge in [0.2, 0.25) is 0 Å². The molecule has 0 unspecified atom stereocenters. The Morgan fingerprint density at radius 3 is 2.20 bits per heavy atom. The molecule has 0 bridgehead atoms. The highest BCUT2D eigenvalue weighted by Crippen LogP contribution is 2.24. The van der Waals surface area contributed by atoms with Crippen molar-refractivity contribution in [1.82, 2.24) is 4.98 Å². The summed E-state index contributed by atoms with van der Waals surface area (Å²) in [5, 5.41) is 2.90. The van der Waals surface area contributed by atoms with Crippen LogP contribution in [0, 0.1) is 0 Å². The topological polar surface area (TPSA) is 44.9 Å². The molecular formula is C17H14N2O. The zero-order valence-corrected chi connectivity index (χ0v) is 10.8. The predicted octanol–water partition coefficient (Wildman–Crippen LogP) is 3.93. The van der Waals surface area contributed by atoms with Crippen LogP contribution in [0.2, 0.25) is 0 Å². The van der Waals surface area contributed by atoms with Crippen LogP contribution in [0.4, 0.5) is 5.69 Å². The van der Waals surface area contributed by atoms with Gasteiger partial charge in [0.1, 0.15) is 0 Å². The third kappa shape index (κ3) is 2.47. The molecule has 3 heteroatoms. The Morgan fingerprint density at radius 1 is 0.850 bits per heavy atom. The van der Waals surface area contributed by atoms with E-state index in [1.54, 1.807) is 6.20 Å². The van der Waals surface area contributed by atoms with Gasteiger partial charge in [0.05, 0.1) is 5.56 Å². The van der Waals surface area contributed by atoms with Crippen molar-refractivity contribution in [2.24, 2.45) is 0 Å². The van der Waals surface area contributed by atoms with Gasteiger partial charge in [-0.3, -0.25) is 4.79 Å². The van der Waals surface area contributed by atoms with Crippen molar-refractivity contribution in [3.63, 3.8) is 0 Å². The number of amides is 1. The van der Waals surface area contributed by atoms with E-state index in [0.29, 0.717) is 5.56 Å². The number of para-hydroxylation sites is 1. The van der Waals surface area contributed by atoms with Gasteiger partial charge in [-0.05, 0) is 17.7 Å². The van der Waals surface area contributed by atoms with Gasteiger partial charge in [0.15, 0.2) is 0 Å². The predicted molar refractivity (Wildman–Crippen MR) is 80.6 cm³/mol. The molecule has 0 aliphatic heterocycles. The molecule has 0 spiro atoms. The normalized spacial score (nSPS) is 10.2. The summed E-state index contributed by atoms with van der Waals surface area (Å²) < 4.78 is 0. The van der Waals surface area contributed by atoms with Crippen LogP contribution in [-0.2, 0) is 0 Å². The van der Waals surface area contributed by atoms with Crippen LogP contribution in [0.5, 0.6) is 0 Å². The van der Waals surface area contributed by atoms with Crippen molar-refractivity contribution >= 4 is 11.6 Å². The summed E-state index contributed by atoms with van der Waals surface area (Å²) in [6.45, 7) is 0. The Balaban J connectivity index is 1.88. The Bertz CT molecular complexity index is 702. The summed E-state index contributed by atoms with van der Waals surface area (Å²) in [6, 6.07) is 19.3. The maximum atomic E-state index is 12.3. The number of H-pyrrole nitrogens is 1. The number of rotatable bonds is 3. The van der Waals surface area contributed by atoms with Crippen LogP contribution in [0.15, 0.2) is 73.1 Å². The minimum absolute atomic E-state index is 0.115. The minimum atomic E-state index is -0.115. The molecule has 98 valence electrons. The first-order chi connectivity index (χ1) is 9.84. The summed E-state index contributed by atoms with van der Waals surface area (Å²) >= 11 is 0. The second-order valence-electron chi connectivity index (χ2n) is 4.47. The number of nitrogens with one attached hydrogen (secondary N) is 2. The zero-order chi connectivity index (χ0) is 13.8. The smallest absolute Gasteiger partial charge is 0.257 e. The Morgan fingerprint density at radius 2 is 1.50 bits per heavy atom.